The van der Waals surface area contributed by atoms with E-state index in [1.165, 1.54) is 11.9 Å². The van der Waals surface area contributed by atoms with Crippen LogP contribution in [0.25, 0.3) is 0 Å². The van der Waals surface area contributed by atoms with Crippen LogP contribution in [0, 0.1) is 6.92 Å². The van der Waals surface area contributed by atoms with Crippen LogP contribution in [0.4, 0.5) is 5.69 Å². The number of hydrazone groups is 1. The van der Waals surface area contributed by atoms with Gasteiger partial charge >= 0.3 is 0 Å². The van der Waals surface area contributed by atoms with Crippen molar-refractivity contribution in [3.05, 3.63) is 53.1 Å². The van der Waals surface area contributed by atoms with Gasteiger partial charge in [-0.05, 0) is 53.8 Å². The number of phenolic OH excluding ortho intramolecular Hbond substituents is 1. The van der Waals surface area contributed by atoms with Crippen molar-refractivity contribution >= 4 is 23.2 Å². The Kier molecular flexibility index (Phi) is 6.63. The first-order valence-corrected chi connectivity index (χ1v) is 10.3. The lowest BCUT2D eigenvalue weighted by Gasteiger charge is -2.20. The van der Waals surface area contributed by atoms with Crippen LogP contribution < -0.4 is 10.1 Å². The molecule has 2 aromatic carbocycles. The van der Waals surface area contributed by atoms with Gasteiger partial charge in [-0.2, -0.15) is 5.10 Å². The third-order valence-electron chi connectivity index (χ3n) is 5.43. The summed E-state index contributed by atoms with van der Waals surface area (Å²) in [4.78, 5) is 24.8. The van der Waals surface area contributed by atoms with Gasteiger partial charge in [-0.15, -0.1) is 0 Å². The highest BCUT2D eigenvalue weighted by Crippen LogP contribution is 2.34. The monoisotopic (exact) mass is 423 g/mol. The number of carbonyl (C=O) groups excluding carboxylic acids is 2. The third kappa shape index (κ3) is 5.05. The first-order valence-electron chi connectivity index (χ1n) is 10.3. The molecule has 31 heavy (non-hydrogen) atoms. The lowest BCUT2D eigenvalue weighted by Crippen LogP contribution is -2.24. The van der Waals surface area contributed by atoms with Crippen molar-refractivity contribution in [3.8, 4) is 11.5 Å². The normalized spacial score (nSPS) is 15.7. The fourth-order valence-electron chi connectivity index (χ4n) is 3.74. The summed E-state index contributed by atoms with van der Waals surface area (Å²) in [6, 6.07) is 10.7. The number of anilines is 1. The van der Waals surface area contributed by atoms with E-state index in [0.29, 0.717) is 17.8 Å². The van der Waals surface area contributed by atoms with E-state index in [2.05, 4.69) is 10.4 Å². The number of aromatic hydroxyl groups is 1. The number of hydrogen-bond acceptors (Lipinski definition) is 5. The minimum atomic E-state index is -0.242. The molecule has 1 unspecified atom stereocenters. The number of rotatable bonds is 6. The standard InChI is InChI=1S/C24H29N3O4/c1-14(2)20-13-21(15(3)10-23(20)29)25-24(30)12-18-11-22(27(26-18)16(4)28)17-6-8-19(31-5)9-7-17/h6-10,13-14,22,29H,11-12H2,1-5H3,(H,25,30). The Hall–Kier alpha value is -3.35. The Bertz CT molecular complexity index is 1010. The molecule has 1 aliphatic rings. The highest BCUT2D eigenvalue weighted by Gasteiger charge is 2.31. The fourth-order valence-corrected chi connectivity index (χ4v) is 3.74. The zero-order valence-electron chi connectivity index (χ0n) is 18.6. The minimum Gasteiger partial charge on any atom is -0.508 e. The highest BCUT2D eigenvalue weighted by atomic mass is 16.5. The number of nitrogens with one attached hydrogen (secondary N) is 1. The van der Waals surface area contributed by atoms with Gasteiger partial charge in [0.2, 0.25) is 11.8 Å². The van der Waals surface area contributed by atoms with Crippen molar-refractivity contribution in [2.75, 3.05) is 12.4 Å². The highest BCUT2D eigenvalue weighted by molar-refractivity contribution is 6.07. The molecule has 2 aromatic rings. The van der Waals surface area contributed by atoms with Crippen LogP contribution in [0.15, 0.2) is 41.5 Å². The first kappa shape index (κ1) is 22.3. The van der Waals surface area contributed by atoms with E-state index >= 15 is 0 Å². The molecule has 7 nitrogen and oxygen atoms in total. The number of carbonyl (C=O) groups is 2. The van der Waals surface area contributed by atoms with Crippen molar-refractivity contribution in [1.29, 1.82) is 0 Å². The summed E-state index contributed by atoms with van der Waals surface area (Å²) < 4.78 is 5.20. The predicted molar refractivity (Wildman–Crippen MR) is 120 cm³/mol. The maximum absolute atomic E-state index is 12.7. The van der Waals surface area contributed by atoms with Gasteiger partial charge in [-0.3, -0.25) is 9.59 Å². The van der Waals surface area contributed by atoms with Crippen molar-refractivity contribution < 1.29 is 19.4 Å². The topological polar surface area (TPSA) is 91.2 Å². The summed E-state index contributed by atoms with van der Waals surface area (Å²) >= 11 is 0. The van der Waals surface area contributed by atoms with Crippen molar-refractivity contribution in [1.82, 2.24) is 5.01 Å². The zero-order chi connectivity index (χ0) is 22.7. The molecule has 2 amide bonds. The Morgan fingerprint density at radius 2 is 1.94 bits per heavy atom. The van der Waals surface area contributed by atoms with Crippen LogP contribution in [0.2, 0.25) is 0 Å². The fraction of sp³-hybridized carbons (Fsp3) is 0.375. The second-order valence-corrected chi connectivity index (χ2v) is 8.13. The molecule has 0 saturated carbocycles. The molecule has 0 aliphatic carbocycles. The minimum absolute atomic E-state index is 0.0910. The Labute approximate surface area is 182 Å². The third-order valence-corrected chi connectivity index (χ3v) is 5.43. The van der Waals surface area contributed by atoms with Crippen molar-refractivity contribution in [3.63, 3.8) is 0 Å². The molecule has 3 rings (SSSR count). The molecular weight excluding hydrogens is 394 g/mol. The van der Waals surface area contributed by atoms with Crippen LogP contribution in [0.5, 0.6) is 11.5 Å². The first-order chi connectivity index (χ1) is 14.7. The van der Waals surface area contributed by atoms with E-state index < -0.39 is 0 Å². The zero-order valence-corrected chi connectivity index (χ0v) is 18.6. The van der Waals surface area contributed by atoms with E-state index in [-0.39, 0.29) is 35.9 Å². The van der Waals surface area contributed by atoms with Crippen LogP contribution in [-0.4, -0.2) is 34.8 Å². The number of aryl methyl sites for hydroxylation is 1. The molecule has 1 aliphatic heterocycles. The van der Waals surface area contributed by atoms with E-state index in [1.54, 1.807) is 13.2 Å². The summed E-state index contributed by atoms with van der Waals surface area (Å²) in [5, 5.41) is 18.9. The van der Waals surface area contributed by atoms with Gasteiger partial charge < -0.3 is 15.2 Å². The molecule has 0 saturated heterocycles. The summed E-state index contributed by atoms with van der Waals surface area (Å²) in [5.41, 5.74) is 3.81. The van der Waals surface area contributed by atoms with Gasteiger partial charge in [-0.25, -0.2) is 5.01 Å². The summed E-state index contributed by atoms with van der Waals surface area (Å²) in [6.45, 7) is 7.28. The summed E-state index contributed by atoms with van der Waals surface area (Å²) in [6.07, 6.45) is 0.582. The SMILES string of the molecule is COc1ccc(C2CC(CC(=O)Nc3cc(C(C)C)c(O)cc3C)=NN2C(C)=O)cc1. The lowest BCUT2D eigenvalue weighted by atomic mass is 9.98. The van der Waals surface area contributed by atoms with Gasteiger partial charge in [-0.1, -0.05) is 26.0 Å². The van der Waals surface area contributed by atoms with Gasteiger partial charge in [0.05, 0.1) is 25.3 Å². The van der Waals surface area contributed by atoms with Crippen LogP contribution >= 0.6 is 0 Å². The number of ether oxygens (including phenoxy) is 1. The van der Waals surface area contributed by atoms with Crippen LogP contribution in [-0.2, 0) is 9.59 Å². The van der Waals surface area contributed by atoms with Gasteiger partial charge in [0.25, 0.3) is 0 Å². The number of nitrogens with zero attached hydrogens (tertiary/aromatic N) is 2. The average molecular weight is 424 g/mol. The average Bonchev–Trinajstić information content (AvgIpc) is 3.13. The smallest absolute Gasteiger partial charge is 0.240 e. The maximum Gasteiger partial charge on any atom is 0.240 e. The molecule has 1 atom stereocenters. The molecule has 0 fully saturated rings. The van der Waals surface area contributed by atoms with Crippen LogP contribution in [0.3, 0.4) is 0 Å². The van der Waals surface area contributed by atoms with Crippen molar-refractivity contribution in [2.45, 2.75) is 52.5 Å². The summed E-state index contributed by atoms with van der Waals surface area (Å²) in [7, 11) is 1.60. The molecular formula is C24H29N3O4. The van der Waals surface area contributed by atoms with E-state index in [4.69, 9.17) is 4.74 Å². The molecule has 0 spiro atoms. The predicted octanol–water partition coefficient (Wildman–Crippen LogP) is 4.51. The van der Waals surface area contributed by atoms with Gasteiger partial charge in [0.1, 0.15) is 11.5 Å². The van der Waals surface area contributed by atoms with Crippen molar-refractivity contribution in [2.24, 2.45) is 5.10 Å². The van der Waals surface area contributed by atoms with Crippen LogP contribution in [0.1, 0.15) is 62.3 Å². The molecule has 164 valence electrons. The second kappa shape index (κ2) is 9.20. The number of phenols is 1. The van der Waals surface area contributed by atoms with E-state index in [9.17, 15) is 14.7 Å². The Balaban J connectivity index is 1.73. The van der Waals surface area contributed by atoms with Gasteiger partial charge in [0.15, 0.2) is 0 Å². The number of amides is 2. The maximum atomic E-state index is 12.7. The largest absolute Gasteiger partial charge is 0.508 e. The summed E-state index contributed by atoms with van der Waals surface area (Å²) in [5.74, 6) is 0.713. The number of benzene rings is 2. The molecule has 0 aromatic heterocycles. The molecule has 1 heterocycles. The second-order valence-electron chi connectivity index (χ2n) is 8.13. The lowest BCUT2D eigenvalue weighted by molar-refractivity contribution is -0.130. The Morgan fingerprint density at radius 3 is 2.52 bits per heavy atom. The van der Waals surface area contributed by atoms with E-state index in [0.717, 1.165) is 22.4 Å². The molecule has 0 bridgehead atoms. The van der Waals surface area contributed by atoms with E-state index in [1.807, 2.05) is 51.1 Å². The Morgan fingerprint density at radius 1 is 1.26 bits per heavy atom. The quantitative estimate of drug-likeness (QED) is 0.669. The number of hydrogen-bond donors (Lipinski definition) is 2. The molecule has 7 heteroatoms. The molecule has 2 N–H and O–H groups in total. The molecule has 0 radical (unpaired) electrons. The number of methoxy groups -OCH3 is 1. The van der Waals surface area contributed by atoms with Gasteiger partial charge in [0, 0.05) is 19.0 Å².